The summed E-state index contributed by atoms with van der Waals surface area (Å²) in [4.78, 5) is 26.0. The molecule has 3 rings (SSSR count). The quantitative estimate of drug-likeness (QED) is 0.127. The average molecular weight is 679 g/mol. The second-order valence-electron chi connectivity index (χ2n) is 17.5. The zero-order chi connectivity index (χ0) is 35.3. The van der Waals surface area contributed by atoms with E-state index in [2.05, 4.69) is 114 Å². The van der Waals surface area contributed by atoms with Gasteiger partial charge in [0.2, 0.25) is 0 Å². The topological polar surface area (TPSA) is 61.8 Å². The Morgan fingerprint density at radius 2 is 1.21 bits per heavy atom. The number of esters is 2. The molecule has 1 fully saturated rings. The third kappa shape index (κ3) is 9.79. The van der Waals surface area contributed by atoms with Gasteiger partial charge >= 0.3 is 11.9 Å². The molecule has 0 heterocycles. The van der Waals surface area contributed by atoms with Crippen molar-refractivity contribution in [2.75, 3.05) is 13.2 Å². The second kappa shape index (κ2) is 15.0. The van der Waals surface area contributed by atoms with Crippen molar-refractivity contribution in [3.63, 3.8) is 0 Å². The maximum Gasteiger partial charge on any atom is 0.311 e. The molecule has 2 atom stereocenters. The fourth-order valence-corrected chi connectivity index (χ4v) is 18.0. The minimum atomic E-state index is -2.74. The van der Waals surface area contributed by atoms with Gasteiger partial charge in [-0.2, -0.15) is 0 Å². The molecule has 1 saturated carbocycles. The van der Waals surface area contributed by atoms with Crippen molar-refractivity contribution < 1.29 is 23.2 Å². The van der Waals surface area contributed by atoms with E-state index >= 15 is 0 Å². The molecule has 2 aromatic rings. The number of hydrogen-bond acceptors (Lipinski definition) is 5. The summed E-state index contributed by atoms with van der Waals surface area (Å²) in [6.45, 7) is 25.7. The molecule has 0 radical (unpaired) electrons. The summed E-state index contributed by atoms with van der Waals surface area (Å²) in [6, 6.07) is 22.7. The van der Waals surface area contributed by atoms with Crippen molar-refractivity contribution >= 4 is 38.9 Å². The minimum absolute atomic E-state index is 0.108. The van der Waals surface area contributed by atoms with Gasteiger partial charge in [0.25, 0.3) is 8.32 Å². The molecule has 0 unspecified atom stereocenters. The third-order valence-corrected chi connectivity index (χ3v) is 18.8. The van der Waals surface area contributed by atoms with E-state index in [1.807, 2.05) is 41.5 Å². The lowest BCUT2D eigenvalue weighted by Gasteiger charge is -2.48. The van der Waals surface area contributed by atoms with Crippen LogP contribution < -0.4 is 10.4 Å². The van der Waals surface area contributed by atoms with Crippen molar-refractivity contribution in [3.8, 4) is 0 Å². The summed E-state index contributed by atoms with van der Waals surface area (Å²) < 4.78 is 19.8. The summed E-state index contributed by atoms with van der Waals surface area (Å²) in [5.74, 6) is 0.117. The Morgan fingerprint density at radius 1 is 0.766 bits per heavy atom. The normalized spacial score (nSPS) is 19.1. The van der Waals surface area contributed by atoms with Crippen LogP contribution in [0, 0.1) is 28.1 Å². The van der Waals surface area contributed by atoms with Gasteiger partial charge in [-0.05, 0) is 107 Å². The Labute approximate surface area is 288 Å². The van der Waals surface area contributed by atoms with Crippen LogP contribution in [0.25, 0.3) is 0 Å². The maximum atomic E-state index is 13.0. The van der Waals surface area contributed by atoms with Gasteiger partial charge in [-0.1, -0.05) is 101 Å². The first-order chi connectivity index (χ1) is 21.7. The molecule has 1 aliphatic rings. The lowest BCUT2D eigenvalue weighted by Crippen LogP contribution is -2.70. The van der Waals surface area contributed by atoms with E-state index in [4.69, 9.17) is 13.6 Å². The Bertz CT molecular complexity index is 1280. The first kappa shape index (κ1) is 39.0. The van der Waals surface area contributed by atoms with Crippen LogP contribution >= 0.6 is 0 Å². The summed E-state index contributed by atoms with van der Waals surface area (Å²) in [6.07, 6.45) is 7.17. The number of allylic oxidation sites excluding steroid dienone is 2. The van der Waals surface area contributed by atoms with Crippen LogP contribution in [-0.2, 0) is 23.2 Å². The SMILES string of the molecule is CC/C=C/[C@@H]1CC(COC(=O)C(C)(C)C)(COC(=O)C(C)(C)C)C[C@H]1C[Si](C)(C)O[Si](c1ccccc1)(c1ccccc1)C(C)(C)C. The Kier molecular flexibility index (Phi) is 12.4. The lowest BCUT2D eigenvalue weighted by molar-refractivity contribution is -0.164. The zero-order valence-corrected chi connectivity index (χ0v) is 33.4. The molecular weight excluding hydrogens is 617 g/mol. The summed E-state index contributed by atoms with van der Waals surface area (Å²) in [5, 5.41) is 2.49. The molecule has 0 aromatic heterocycles. The van der Waals surface area contributed by atoms with Crippen LogP contribution in [0.5, 0.6) is 0 Å². The van der Waals surface area contributed by atoms with E-state index < -0.39 is 32.9 Å². The number of hydrogen-bond donors (Lipinski definition) is 0. The van der Waals surface area contributed by atoms with E-state index in [-0.39, 0.29) is 36.1 Å². The molecule has 260 valence electrons. The predicted octanol–water partition coefficient (Wildman–Crippen LogP) is 8.93. The Hall–Kier alpha value is -2.49. The molecule has 0 spiro atoms. The van der Waals surface area contributed by atoms with E-state index in [1.165, 1.54) is 10.4 Å². The predicted molar refractivity (Wildman–Crippen MR) is 200 cm³/mol. The van der Waals surface area contributed by atoms with E-state index in [0.717, 1.165) is 25.3 Å². The van der Waals surface area contributed by atoms with Crippen molar-refractivity contribution in [2.24, 2.45) is 28.1 Å². The molecule has 0 N–H and O–H groups in total. The summed E-state index contributed by atoms with van der Waals surface area (Å²) in [5.41, 5.74) is -1.68. The average Bonchev–Trinajstić information content (AvgIpc) is 3.31. The van der Waals surface area contributed by atoms with Crippen LogP contribution in [0.2, 0.25) is 24.2 Å². The fraction of sp³-hybridized carbons (Fsp3) is 0.600. The second-order valence-corrected chi connectivity index (χ2v) is 26.3. The smallest absolute Gasteiger partial charge is 0.311 e. The van der Waals surface area contributed by atoms with Crippen molar-refractivity contribution in [2.45, 2.75) is 113 Å². The van der Waals surface area contributed by atoms with Crippen LogP contribution in [0.15, 0.2) is 72.8 Å². The molecule has 0 bridgehead atoms. The highest BCUT2D eigenvalue weighted by Crippen LogP contribution is 2.51. The van der Waals surface area contributed by atoms with Gasteiger partial charge in [0.1, 0.15) is 13.2 Å². The molecule has 0 aliphatic heterocycles. The lowest BCUT2D eigenvalue weighted by atomic mass is 9.86. The number of rotatable bonds is 12. The highest BCUT2D eigenvalue weighted by Gasteiger charge is 2.55. The summed E-state index contributed by atoms with van der Waals surface area (Å²) >= 11 is 0. The first-order valence-corrected chi connectivity index (χ1v) is 22.5. The minimum Gasteiger partial charge on any atom is -0.465 e. The van der Waals surface area contributed by atoms with Crippen LogP contribution in [0.4, 0.5) is 0 Å². The van der Waals surface area contributed by atoms with Crippen molar-refractivity contribution in [3.05, 3.63) is 72.8 Å². The van der Waals surface area contributed by atoms with Crippen LogP contribution in [0.1, 0.15) is 88.5 Å². The zero-order valence-electron chi connectivity index (χ0n) is 31.4. The van der Waals surface area contributed by atoms with Gasteiger partial charge in [-0.3, -0.25) is 9.59 Å². The van der Waals surface area contributed by atoms with E-state index in [9.17, 15) is 9.59 Å². The summed E-state index contributed by atoms with van der Waals surface area (Å²) in [7, 11) is -5.10. The van der Waals surface area contributed by atoms with Gasteiger partial charge in [0, 0.05) is 5.41 Å². The molecule has 5 nitrogen and oxygen atoms in total. The molecule has 0 amide bonds. The molecule has 47 heavy (non-hydrogen) atoms. The van der Waals surface area contributed by atoms with Crippen LogP contribution in [0.3, 0.4) is 0 Å². The molecular formula is C40H62O5Si2. The first-order valence-electron chi connectivity index (χ1n) is 17.5. The van der Waals surface area contributed by atoms with Gasteiger partial charge < -0.3 is 13.6 Å². The van der Waals surface area contributed by atoms with Crippen LogP contribution in [-0.4, -0.2) is 41.8 Å². The third-order valence-electron chi connectivity index (χ3n) is 9.43. The van der Waals surface area contributed by atoms with Gasteiger partial charge in [0.05, 0.1) is 10.8 Å². The maximum absolute atomic E-state index is 13.0. The van der Waals surface area contributed by atoms with E-state index in [1.54, 1.807) is 0 Å². The number of benzene rings is 2. The molecule has 7 heteroatoms. The number of carbonyl (C=O) groups excluding carboxylic acids is 2. The largest absolute Gasteiger partial charge is 0.465 e. The number of carbonyl (C=O) groups is 2. The highest BCUT2D eigenvalue weighted by atomic mass is 28.4. The van der Waals surface area contributed by atoms with Gasteiger partial charge in [-0.15, -0.1) is 0 Å². The standard InChI is InChI=1S/C40H62O5Si2/c1-13-14-21-31-26-40(29-43-35(41)37(2,3)4,30-44-36(42)38(5,6)7)27-32(31)28-46(11,12)45-47(39(8,9)10,33-22-17-15-18-23-33)34-24-19-16-20-25-34/h14-25,31-32H,13,26-30H2,1-12H3/b21-14+/t31-,32+/m1/s1. The van der Waals surface area contributed by atoms with Gasteiger partial charge in [0.15, 0.2) is 8.32 Å². The molecule has 1 aliphatic carbocycles. The highest BCUT2D eigenvalue weighted by molar-refractivity contribution is 7.04. The molecule has 2 aromatic carbocycles. The van der Waals surface area contributed by atoms with Crippen molar-refractivity contribution in [1.82, 2.24) is 0 Å². The van der Waals surface area contributed by atoms with E-state index in [0.29, 0.717) is 5.92 Å². The number of ether oxygens (including phenoxy) is 2. The Morgan fingerprint density at radius 3 is 1.60 bits per heavy atom. The monoisotopic (exact) mass is 678 g/mol. The molecule has 0 saturated heterocycles. The van der Waals surface area contributed by atoms with Crippen molar-refractivity contribution in [1.29, 1.82) is 0 Å². The fourth-order valence-electron chi connectivity index (χ4n) is 7.10. The Balaban J connectivity index is 2.04. The van der Waals surface area contributed by atoms with Gasteiger partial charge in [-0.25, -0.2) is 0 Å².